The van der Waals surface area contributed by atoms with Crippen molar-refractivity contribution in [1.82, 2.24) is 5.32 Å². The van der Waals surface area contributed by atoms with Gasteiger partial charge in [-0.3, -0.25) is 0 Å². The van der Waals surface area contributed by atoms with Gasteiger partial charge in [0, 0.05) is 16.7 Å². The molecule has 2 heteroatoms. The lowest BCUT2D eigenvalue weighted by Gasteiger charge is -2.17. The fourth-order valence-electron chi connectivity index (χ4n) is 2.47. The summed E-state index contributed by atoms with van der Waals surface area (Å²) >= 11 is 1.89. The lowest BCUT2D eigenvalue weighted by atomic mass is 10.0. The molecule has 0 aliphatic heterocycles. The summed E-state index contributed by atoms with van der Waals surface area (Å²) < 4.78 is 0. The third kappa shape index (κ3) is 3.46. The molecule has 0 aliphatic rings. The Balaban J connectivity index is 1.78. The summed E-state index contributed by atoms with van der Waals surface area (Å²) in [6.45, 7) is 0. The molecule has 0 spiro atoms. The molecule has 0 aromatic heterocycles. The number of benzene rings is 3. The third-order valence-corrected chi connectivity index (χ3v) is 4.79. The molecule has 3 aromatic rings. The molecule has 106 valence electrons. The summed E-state index contributed by atoms with van der Waals surface area (Å²) in [4.78, 5) is 1.32. The Morgan fingerprint density at radius 1 is 0.857 bits per heavy atom. The summed E-state index contributed by atoms with van der Waals surface area (Å²) in [6.07, 6.45) is 0. The van der Waals surface area contributed by atoms with Gasteiger partial charge in [0.1, 0.15) is 0 Å². The second kappa shape index (κ2) is 6.79. The van der Waals surface area contributed by atoms with E-state index < -0.39 is 0 Å². The Bertz CT molecular complexity index is 709. The van der Waals surface area contributed by atoms with E-state index in [9.17, 15) is 0 Å². The van der Waals surface area contributed by atoms with E-state index in [1.54, 1.807) is 0 Å². The van der Waals surface area contributed by atoms with Crippen molar-refractivity contribution in [2.75, 3.05) is 12.8 Å². The van der Waals surface area contributed by atoms with E-state index in [0.29, 0.717) is 6.04 Å². The molecule has 0 saturated heterocycles. The topological polar surface area (TPSA) is 12.0 Å². The Morgan fingerprint density at radius 2 is 1.57 bits per heavy atom. The van der Waals surface area contributed by atoms with Gasteiger partial charge in [0.2, 0.25) is 0 Å². The maximum Gasteiger partial charge on any atom is 0.0413 e. The van der Waals surface area contributed by atoms with Crippen molar-refractivity contribution in [2.45, 2.75) is 10.9 Å². The molecule has 1 nitrogen and oxygen atoms in total. The van der Waals surface area contributed by atoms with Gasteiger partial charge in [-0.15, -0.1) is 11.8 Å². The summed E-state index contributed by atoms with van der Waals surface area (Å²) in [7, 11) is 2.03. The summed E-state index contributed by atoms with van der Waals surface area (Å²) in [6, 6.07) is 26.2. The van der Waals surface area contributed by atoms with E-state index in [-0.39, 0.29) is 0 Å². The van der Waals surface area contributed by atoms with Gasteiger partial charge in [-0.2, -0.15) is 0 Å². The van der Waals surface area contributed by atoms with Gasteiger partial charge in [0.05, 0.1) is 0 Å². The Kier molecular flexibility index (Phi) is 4.59. The predicted octanol–water partition coefficient (Wildman–Crippen LogP) is 4.89. The second-order valence-corrected chi connectivity index (χ2v) is 6.17. The number of nitrogens with one attached hydrogen (secondary N) is 1. The van der Waals surface area contributed by atoms with Crippen LogP contribution in [0.15, 0.2) is 77.7 Å². The number of hydrogen-bond acceptors (Lipinski definition) is 2. The minimum Gasteiger partial charge on any atom is -0.312 e. The first-order chi connectivity index (χ1) is 10.4. The van der Waals surface area contributed by atoms with Crippen LogP contribution in [0.2, 0.25) is 0 Å². The standard InChI is InChI=1S/C19H19NS/c1-20-19(14-21-18-9-3-2-4-10-18)17-12-11-15-7-5-6-8-16(15)13-17/h2-13,19-20H,14H2,1H3. The Hall–Kier alpha value is -1.77. The first kappa shape index (κ1) is 14.2. The van der Waals surface area contributed by atoms with Crippen LogP contribution in [-0.2, 0) is 0 Å². The molecule has 21 heavy (non-hydrogen) atoms. The predicted molar refractivity (Wildman–Crippen MR) is 92.9 cm³/mol. The van der Waals surface area contributed by atoms with Crippen LogP contribution in [-0.4, -0.2) is 12.8 Å². The van der Waals surface area contributed by atoms with Gasteiger partial charge in [0.15, 0.2) is 0 Å². The highest BCUT2D eigenvalue weighted by Gasteiger charge is 2.10. The molecule has 3 aromatic carbocycles. The molecule has 0 amide bonds. The van der Waals surface area contributed by atoms with Crippen molar-refractivity contribution in [3.63, 3.8) is 0 Å². The normalized spacial score (nSPS) is 12.4. The van der Waals surface area contributed by atoms with Crippen LogP contribution in [0.3, 0.4) is 0 Å². The number of hydrogen-bond donors (Lipinski definition) is 1. The van der Waals surface area contributed by atoms with Crippen molar-refractivity contribution in [3.8, 4) is 0 Å². The third-order valence-electron chi connectivity index (χ3n) is 3.68. The van der Waals surface area contributed by atoms with Crippen LogP contribution < -0.4 is 5.32 Å². The Morgan fingerprint density at radius 3 is 2.33 bits per heavy atom. The lowest BCUT2D eigenvalue weighted by Crippen LogP contribution is -2.18. The van der Waals surface area contributed by atoms with Gasteiger partial charge in [-0.25, -0.2) is 0 Å². The van der Waals surface area contributed by atoms with Crippen LogP contribution in [0.1, 0.15) is 11.6 Å². The Labute approximate surface area is 130 Å². The first-order valence-corrected chi connectivity index (χ1v) is 8.19. The maximum atomic E-state index is 3.43. The van der Waals surface area contributed by atoms with Gasteiger partial charge >= 0.3 is 0 Å². The molecule has 1 atom stereocenters. The van der Waals surface area contributed by atoms with Crippen molar-refractivity contribution >= 4 is 22.5 Å². The van der Waals surface area contributed by atoms with E-state index >= 15 is 0 Å². The molecule has 0 aliphatic carbocycles. The minimum absolute atomic E-state index is 0.361. The smallest absolute Gasteiger partial charge is 0.0413 e. The van der Waals surface area contributed by atoms with Gasteiger partial charge < -0.3 is 5.32 Å². The number of rotatable bonds is 5. The van der Waals surface area contributed by atoms with Crippen LogP contribution in [0.5, 0.6) is 0 Å². The van der Waals surface area contributed by atoms with Crippen molar-refractivity contribution in [2.24, 2.45) is 0 Å². The first-order valence-electron chi connectivity index (χ1n) is 7.20. The monoisotopic (exact) mass is 293 g/mol. The van der Waals surface area contributed by atoms with E-state index in [1.807, 2.05) is 18.8 Å². The molecule has 1 N–H and O–H groups in total. The molecule has 0 bridgehead atoms. The summed E-state index contributed by atoms with van der Waals surface area (Å²) in [5, 5.41) is 6.04. The molecule has 0 saturated carbocycles. The van der Waals surface area contributed by atoms with Crippen molar-refractivity contribution in [1.29, 1.82) is 0 Å². The number of thioether (sulfide) groups is 1. The number of fused-ring (bicyclic) bond motifs is 1. The second-order valence-electron chi connectivity index (χ2n) is 5.07. The zero-order valence-corrected chi connectivity index (χ0v) is 12.9. The van der Waals surface area contributed by atoms with Crippen molar-refractivity contribution in [3.05, 3.63) is 78.4 Å². The summed E-state index contributed by atoms with van der Waals surface area (Å²) in [5.41, 5.74) is 1.35. The molecular weight excluding hydrogens is 274 g/mol. The average molecular weight is 293 g/mol. The minimum atomic E-state index is 0.361. The molecule has 3 rings (SSSR count). The van der Waals surface area contributed by atoms with E-state index in [2.05, 4.69) is 78.1 Å². The maximum absolute atomic E-state index is 3.43. The van der Waals surface area contributed by atoms with Gasteiger partial charge in [0.25, 0.3) is 0 Å². The van der Waals surface area contributed by atoms with Crippen LogP contribution in [0.4, 0.5) is 0 Å². The SMILES string of the molecule is CNC(CSc1ccccc1)c1ccc2ccccc2c1. The largest absolute Gasteiger partial charge is 0.312 e. The molecule has 0 heterocycles. The average Bonchev–Trinajstić information content (AvgIpc) is 2.56. The van der Waals surface area contributed by atoms with Crippen molar-refractivity contribution < 1.29 is 0 Å². The molecule has 0 radical (unpaired) electrons. The highest BCUT2D eigenvalue weighted by atomic mass is 32.2. The quantitative estimate of drug-likeness (QED) is 0.672. The summed E-state index contributed by atoms with van der Waals surface area (Å²) in [5.74, 6) is 1.03. The molecular formula is C19H19NS. The fourth-order valence-corrected chi connectivity index (χ4v) is 3.53. The van der Waals surface area contributed by atoms with Crippen LogP contribution in [0.25, 0.3) is 10.8 Å². The van der Waals surface area contributed by atoms with Crippen LogP contribution >= 0.6 is 11.8 Å². The van der Waals surface area contributed by atoms with Gasteiger partial charge in [-0.1, -0.05) is 54.6 Å². The van der Waals surface area contributed by atoms with Gasteiger partial charge in [-0.05, 0) is 41.6 Å². The van der Waals surface area contributed by atoms with E-state index in [1.165, 1.54) is 21.2 Å². The molecule has 0 fully saturated rings. The highest BCUT2D eigenvalue weighted by molar-refractivity contribution is 7.99. The zero-order chi connectivity index (χ0) is 14.5. The zero-order valence-electron chi connectivity index (χ0n) is 12.1. The fraction of sp³-hybridized carbons (Fsp3) is 0.158. The lowest BCUT2D eigenvalue weighted by molar-refractivity contribution is 0.662. The molecule has 1 unspecified atom stereocenters. The highest BCUT2D eigenvalue weighted by Crippen LogP contribution is 2.26. The van der Waals surface area contributed by atoms with Crippen LogP contribution in [0, 0.1) is 0 Å². The van der Waals surface area contributed by atoms with E-state index in [0.717, 1.165) is 5.75 Å². The van der Waals surface area contributed by atoms with E-state index in [4.69, 9.17) is 0 Å².